The number of hydrogen-bond donors (Lipinski definition) is 2. The minimum absolute atomic E-state index is 0.271. The molecule has 156 valence electrons. The van der Waals surface area contributed by atoms with Crippen LogP contribution in [0.15, 0.2) is 53.3 Å². The molecule has 1 heterocycles. The van der Waals surface area contributed by atoms with Crippen LogP contribution in [0.4, 0.5) is 0 Å². The lowest BCUT2D eigenvalue weighted by molar-refractivity contribution is -0.205. The van der Waals surface area contributed by atoms with E-state index in [1.54, 1.807) is 24.3 Å². The summed E-state index contributed by atoms with van der Waals surface area (Å²) in [6, 6.07) is 5.71. The number of hydrogen-bond acceptors (Lipinski definition) is 5. The largest absolute Gasteiger partial charge is 0.490 e. The van der Waals surface area contributed by atoms with Crippen molar-refractivity contribution in [3.05, 3.63) is 58.8 Å². The minimum Gasteiger partial charge on any atom is -0.490 e. The van der Waals surface area contributed by atoms with Gasteiger partial charge in [0.2, 0.25) is 0 Å². The highest BCUT2D eigenvalue weighted by Crippen LogP contribution is 2.21. The van der Waals surface area contributed by atoms with Crippen LogP contribution >= 0.6 is 0 Å². The van der Waals surface area contributed by atoms with Crippen molar-refractivity contribution < 1.29 is 24.7 Å². The van der Waals surface area contributed by atoms with Gasteiger partial charge in [0.1, 0.15) is 24.1 Å². The number of piperazine rings is 1. The van der Waals surface area contributed by atoms with Crippen molar-refractivity contribution >= 4 is 17.9 Å². The minimum atomic E-state index is -1.14. The number of benzene rings is 1. The lowest BCUT2D eigenvalue weighted by atomic mass is 10.1. The van der Waals surface area contributed by atoms with Crippen LogP contribution in [-0.2, 0) is 9.59 Å². The molecular formula is C22H28N2O5. The molecule has 0 radical (unpaired) electrons. The van der Waals surface area contributed by atoms with E-state index in [-0.39, 0.29) is 10.8 Å². The van der Waals surface area contributed by atoms with Crippen molar-refractivity contribution in [3.63, 3.8) is 0 Å². The van der Waals surface area contributed by atoms with Gasteiger partial charge in [-0.25, -0.2) is 5.06 Å². The number of nitrogens with zero attached hydrogens (tertiary/aromatic N) is 2. The number of carbonyl (C=O) groups excluding carboxylic acids is 2. The molecule has 1 saturated heterocycles. The normalized spacial score (nSPS) is 19.0. The predicted octanol–water partition coefficient (Wildman–Crippen LogP) is 3.94. The zero-order chi connectivity index (χ0) is 21.6. The maximum absolute atomic E-state index is 12.1. The molecule has 1 atom stereocenters. The average Bonchev–Trinajstić information content (AvgIpc) is 2.69. The second-order valence-corrected chi connectivity index (χ2v) is 7.26. The van der Waals surface area contributed by atoms with Crippen molar-refractivity contribution in [2.75, 3.05) is 6.61 Å². The SMILES string of the molecule is CC(C)=CCC/C(C)=C\COc1ccc(/C=C2\C(=O)N(O)[C@H](C)C(=O)N2O)cc1. The van der Waals surface area contributed by atoms with Gasteiger partial charge < -0.3 is 4.74 Å². The molecule has 0 saturated carbocycles. The average molecular weight is 400 g/mol. The molecule has 7 nitrogen and oxygen atoms in total. The molecule has 2 amide bonds. The van der Waals surface area contributed by atoms with E-state index >= 15 is 0 Å². The van der Waals surface area contributed by atoms with Crippen LogP contribution in [0.25, 0.3) is 6.08 Å². The Bertz CT molecular complexity index is 835. The van der Waals surface area contributed by atoms with Crippen molar-refractivity contribution in [2.45, 2.75) is 46.6 Å². The zero-order valence-electron chi connectivity index (χ0n) is 17.3. The van der Waals surface area contributed by atoms with Crippen LogP contribution in [0, 0.1) is 0 Å². The summed E-state index contributed by atoms with van der Waals surface area (Å²) in [5.41, 5.74) is 2.83. The lowest BCUT2D eigenvalue weighted by Crippen LogP contribution is -2.54. The summed E-state index contributed by atoms with van der Waals surface area (Å²) < 4.78 is 5.70. The van der Waals surface area contributed by atoms with Gasteiger partial charge in [0.05, 0.1) is 0 Å². The number of allylic oxidation sites excluding steroid dienone is 3. The maximum Gasteiger partial charge on any atom is 0.297 e. The molecule has 1 aromatic rings. The highest BCUT2D eigenvalue weighted by atomic mass is 16.5. The van der Waals surface area contributed by atoms with E-state index in [4.69, 9.17) is 4.74 Å². The third-order valence-electron chi connectivity index (χ3n) is 4.54. The molecule has 0 aromatic heterocycles. The first-order valence-electron chi connectivity index (χ1n) is 9.49. The fraction of sp³-hybridized carbons (Fsp3) is 0.364. The third-order valence-corrected chi connectivity index (χ3v) is 4.54. The molecule has 29 heavy (non-hydrogen) atoms. The Morgan fingerprint density at radius 2 is 1.76 bits per heavy atom. The van der Waals surface area contributed by atoms with Gasteiger partial charge in [-0.2, -0.15) is 5.06 Å². The van der Waals surface area contributed by atoms with Crippen molar-refractivity contribution in [1.82, 2.24) is 10.1 Å². The van der Waals surface area contributed by atoms with Gasteiger partial charge in [-0.3, -0.25) is 20.0 Å². The Morgan fingerprint density at radius 1 is 1.10 bits per heavy atom. The Balaban J connectivity index is 1.98. The Labute approximate surface area is 171 Å². The highest BCUT2D eigenvalue weighted by molar-refractivity contribution is 6.05. The summed E-state index contributed by atoms with van der Waals surface area (Å²) in [6.45, 7) is 8.02. The van der Waals surface area contributed by atoms with E-state index in [0.29, 0.717) is 23.0 Å². The standard InChI is InChI=1S/C22H28N2O5/c1-15(2)6-5-7-16(3)12-13-29-19-10-8-18(9-11-19)14-20-22(26)23(27)17(4)21(25)24(20)28/h6,8-12,14,17,27-28H,5,7,13H2,1-4H3/b16-12-,20-14+/t17-/m1/s1. The first-order chi connectivity index (χ1) is 13.7. The van der Waals surface area contributed by atoms with Gasteiger partial charge in [0, 0.05) is 0 Å². The molecule has 0 spiro atoms. The fourth-order valence-corrected chi connectivity index (χ4v) is 2.70. The quantitative estimate of drug-likeness (QED) is 0.411. The number of carbonyl (C=O) groups is 2. The van der Waals surface area contributed by atoms with Gasteiger partial charge in [-0.15, -0.1) is 0 Å². The molecule has 1 aliphatic heterocycles. The van der Waals surface area contributed by atoms with E-state index < -0.39 is 17.9 Å². The predicted molar refractivity (Wildman–Crippen MR) is 109 cm³/mol. The lowest BCUT2D eigenvalue weighted by Gasteiger charge is -2.32. The number of ether oxygens (including phenoxy) is 1. The first-order valence-corrected chi connectivity index (χ1v) is 9.49. The van der Waals surface area contributed by atoms with Crippen LogP contribution in [-0.4, -0.2) is 45.0 Å². The molecule has 0 aliphatic carbocycles. The highest BCUT2D eigenvalue weighted by Gasteiger charge is 2.39. The van der Waals surface area contributed by atoms with Gasteiger partial charge in [-0.05, 0) is 70.4 Å². The molecule has 0 bridgehead atoms. The summed E-state index contributed by atoms with van der Waals surface area (Å²) in [7, 11) is 0. The van der Waals surface area contributed by atoms with Crippen molar-refractivity contribution in [2.24, 2.45) is 0 Å². The van der Waals surface area contributed by atoms with E-state index in [9.17, 15) is 20.0 Å². The summed E-state index contributed by atoms with van der Waals surface area (Å²) in [5.74, 6) is -0.983. The van der Waals surface area contributed by atoms with E-state index in [2.05, 4.69) is 26.8 Å². The summed E-state index contributed by atoms with van der Waals surface area (Å²) in [4.78, 5) is 24.0. The summed E-state index contributed by atoms with van der Waals surface area (Å²) >= 11 is 0. The zero-order valence-corrected chi connectivity index (χ0v) is 17.3. The topological polar surface area (TPSA) is 90.3 Å². The molecule has 1 aliphatic rings. The van der Waals surface area contributed by atoms with Crippen LogP contribution in [0.5, 0.6) is 5.75 Å². The second kappa shape index (κ2) is 10.0. The van der Waals surface area contributed by atoms with E-state index in [1.807, 2.05) is 6.08 Å². The molecule has 0 unspecified atom stereocenters. The number of amides is 2. The molecule has 1 aromatic carbocycles. The second-order valence-electron chi connectivity index (χ2n) is 7.26. The Morgan fingerprint density at radius 3 is 2.38 bits per heavy atom. The first kappa shape index (κ1) is 22.4. The smallest absolute Gasteiger partial charge is 0.297 e. The third kappa shape index (κ3) is 6.04. The van der Waals surface area contributed by atoms with Gasteiger partial charge in [0.15, 0.2) is 0 Å². The van der Waals surface area contributed by atoms with Gasteiger partial charge in [-0.1, -0.05) is 29.4 Å². The fourth-order valence-electron chi connectivity index (χ4n) is 2.70. The Hall–Kier alpha value is -2.90. The number of rotatable bonds is 7. The van der Waals surface area contributed by atoms with Crippen LogP contribution in [0.3, 0.4) is 0 Å². The van der Waals surface area contributed by atoms with Crippen LogP contribution < -0.4 is 4.74 Å². The monoisotopic (exact) mass is 400 g/mol. The molecular weight excluding hydrogens is 372 g/mol. The van der Waals surface area contributed by atoms with Crippen molar-refractivity contribution in [3.8, 4) is 5.75 Å². The van der Waals surface area contributed by atoms with Gasteiger partial charge in [0.25, 0.3) is 11.8 Å². The summed E-state index contributed by atoms with van der Waals surface area (Å²) in [5, 5.41) is 20.2. The van der Waals surface area contributed by atoms with E-state index in [1.165, 1.54) is 24.1 Å². The molecule has 2 N–H and O–H groups in total. The summed E-state index contributed by atoms with van der Waals surface area (Å²) in [6.07, 6.45) is 7.58. The van der Waals surface area contributed by atoms with Crippen molar-refractivity contribution in [1.29, 1.82) is 0 Å². The molecule has 1 fully saturated rings. The van der Waals surface area contributed by atoms with E-state index in [0.717, 1.165) is 12.8 Å². The Kier molecular flexibility index (Phi) is 7.75. The van der Waals surface area contributed by atoms with Crippen LogP contribution in [0.1, 0.15) is 46.1 Å². The number of hydroxylamine groups is 4. The maximum atomic E-state index is 12.1. The molecule has 7 heteroatoms. The molecule has 2 rings (SSSR count). The van der Waals surface area contributed by atoms with Crippen LogP contribution in [0.2, 0.25) is 0 Å². The van der Waals surface area contributed by atoms with Gasteiger partial charge >= 0.3 is 0 Å².